The van der Waals surface area contributed by atoms with Gasteiger partial charge in [-0.15, -0.1) is 22.7 Å². The molecule has 2 heterocycles. The first-order valence-electron chi connectivity index (χ1n) is 13.2. The van der Waals surface area contributed by atoms with Gasteiger partial charge in [-0.3, -0.25) is 0 Å². The van der Waals surface area contributed by atoms with E-state index >= 15 is 0 Å². The average molecular weight is 568 g/mol. The Morgan fingerprint density at radius 2 is 1.02 bits per heavy atom. The van der Waals surface area contributed by atoms with Crippen LogP contribution in [-0.2, 0) is 0 Å². The van der Waals surface area contributed by atoms with Gasteiger partial charge in [0.1, 0.15) is 0 Å². The highest BCUT2D eigenvalue weighted by atomic mass is 35.5. The third-order valence-electron chi connectivity index (χ3n) is 7.51. The van der Waals surface area contributed by atoms with Crippen molar-refractivity contribution < 1.29 is 0 Å². The topological polar surface area (TPSA) is 3.24 Å². The zero-order valence-electron chi connectivity index (χ0n) is 21.3. The van der Waals surface area contributed by atoms with Crippen molar-refractivity contribution in [2.24, 2.45) is 0 Å². The molecule has 0 saturated carbocycles. The summed E-state index contributed by atoms with van der Waals surface area (Å²) in [5.41, 5.74) is 5.81. The molecule has 40 heavy (non-hydrogen) atoms. The van der Waals surface area contributed by atoms with Gasteiger partial charge >= 0.3 is 0 Å². The van der Waals surface area contributed by atoms with Crippen molar-refractivity contribution in [3.63, 3.8) is 0 Å². The second kappa shape index (κ2) is 9.50. The smallest absolute Gasteiger partial charge is 0.0476 e. The fourth-order valence-corrected chi connectivity index (χ4v) is 8.14. The molecule has 0 aliphatic carbocycles. The standard InChI is InChI=1S/C36H22ClNS2/c37-25-13-16-31-32-21-27(15-18-34(32)40-35(31)20-25)38(26-10-6-9-24(19-26)23-7-2-1-3-8-23)28-14-17-30-29-11-4-5-12-33(29)39-36(30)22-28/h1-22H. The first kappa shape index (κ1) is 23.7. The van der Waals surface area contributed by atoms with E-state index in [1.165, 1.54) is 51.5 Å². The molecule has 0 bridgehead atoms. The molecule has 6 aromatic carbocycles. The van der Waals surface area contributed by atoms with Gasteiger partial charge in [0, 0.05) is 62.4 Å². The van der Waals surface area contributed by atoms with E-state index in [0.29, 0.717) is 0 Å². The molecule has 0 spiro atoms. The van der Waals surface area contributed by atoms with Crippen molar-refractivity contribution in [2.75, 3.05) is 4.90 Å². The van der Waals surface area contributed by atoms with Gasteiger partial charge in [-0.05, 0) is 71.8 Å². The minimum atomic E-state index is 0.773. The van der Waals surface area contributed by atoms with Gasteiger partial charge in [0.15, 0.2) is 0 Å². The Morgan fingerprint density at radius 1 is 0.400 bits per heavy atom. The third kappa shape index (κ3) is 3.98. The molecule has 190 valence electrons. The number of thiophene rings is 2. The number of hydrogen-bond donors (Lipinski definition) is 0. The predicted octanol–water partition coefficient (Wildman–Crippen LogP) is 12.2. The van der Waals surface area contributed by atoms with Gasteiger partial charge in [-0.2, -0.15) is 0 Å². The largest absolute Gasteiger partial charge is 0.310 e. The summed E-state index contributed by atoms with van der Waals surface area (Å²) in [4.78, 5) is 2.38. The van der Waals surface area contributed by atoms with Crippen LogP contribution in [-0.4, -0.2) is 0 Å². The van der Waals surface area contributed by atoms with Crippen LogP contribution < -0.4 is 4.90 Å². The molecule has 0 amide bonds. The van der Waals surface area contributed by atoms with Crippen LogP contribution in [0.2, 0.25) is 5.02 Å². The van der Waals surface area contributed by atoms with E-state index in [-0.39, 0.29) is 0 Å². The molecule has 0 radical (unpaired) electrons. The molecular formula is C36H22ClNS2. The fraction of sp³-hybridized carbons (Fsp3) is 0. The summed E-state index contributed by atoms with van der Waals surface area (Å²) in [6, 6.07) is 48.0. The number of benzene rings is 6. The Hall–Kier alpha value is -4.15. The molecule has 2 aromatic heterocycles. The Kier molecular flexibility index (Phi) is 5.63. The summed E-state index contributed by atoms with van der Waals surface area (Å²) >= 11 is 9.97. The van der Waals surface area contributed by atoms with Crippen LogP contribution >= 0.6 is 34.3 Å². The Bertz CT molecular complexity index is 2190. The molecule has 0 N–H and O–H groups in total. The summed E-state index contributed by atoms with van der Waals surface area (Å²) in [6.07, 6.45) is 0. The maximum Gasteiger partial charge on any atom is 0.0476 e. The maximum atomic E-state index is 6.33. The molecular weight excluding hydrogens is 546 g/mol. The molecule has 8 rings (SSSR count). The zero-order valence-corrected chi connectivity index (χ0v) is 23.7. The summed E-state index contributed by atoms with van der Waals surface area (Å²) in [7, 11) is 0. The number of nitrogens with zero attached hydrogens (tertiary/aromatic N) is 1. The second-order valence-electron chi connectivity index (χ2n) is 9.95. The highest BCUT2D eigenvalue weighted by molar-refractivity contribution is 7.26. The predicted molar refractivity (Wildman–Crippen MR) is 177 cm³/mol. The van der Waals surface area contributed by atoms with Crippen LogP contribution in [0.1, 0.15) is 0 Å². The number of anilines is 3. The minimum absolute atomic E-state index is 0.773. The second-order valence-corrected chi connectivity index (χ2v) is 12.6. The number of halogens is 1. The molecule has 0 atom stereocenters. The highest BCUT2D eigenvalue weighted by Gasteiger charge is 2.17. The quantitative estimate of drug-likeness (QED) is 0.204. The molecule has 0 aliphatic heterocycles. The average Bonchev–Trinajstić information content (AvgIpc) is 3.55. The van der Waals surface area contributed by atoms with E-state index in [0.717, 1.165) is 22.1 Å². The lowest BCUT2D eigenvalue weighted by atomic mass is 10.0. The molecule has 0 unspecified atom stereocenters. The summed E-state index contributed by atoms with van der Waals surface area (Å²) < 4.78 is 5.08. The number of rotatable bonds is 4. The van der Waals surface area contributed by atoms with Crippen molar-refractivity contribution in [2.45, 2.75) is 0 Å². The molecule has 0 fully saturated rings. The van der Waals surface area contributed by atoms with Gasteiger partial charge < -0.3 is 4.90 Å². The lowest BCUT2D eigenvalue weighted by Gasteiger charge is -2.26. The van der Waals surface area contributed by atoms with E-state index in [1.807, 2.05) is 17.4 Å². The molecule has 0 saturated heterocycles. The lowest BCUT2D eigenvalue weighted by Crippen LogP contribution is -2.09. The Balaban J connectivity index is 1.35. The van der Waals surface area contributed by atoms with E-state index in [4.69, 9.17) is 11.6 Å². The molecule has 0 aliphatic rings. The van der Waals surface area contributed by atoms with Gasteiger partial charge in [0.25, 0.3) is 0 Å². The number of fused-ring (bicyclic) bond motifs is 6. The van der Waals surface area contributed by atoms with Crippen LogP contribution in [0.5, 0.6) is 0 Å². The van der Waals surface area contributed by atoms with Crippen LogP contribution in [0, 0.1) is 0 Å². The first-order chi connectivity index (χ1) is 19.7. The van der Waals surface area contributed by atoms with Gasteiger partial charge in [0.05, 0.1) is 0 Å². The van der Waals surface area contributed by atoms with E-state index in [9.17, 15) is 0 Å². The molecule has 8 aromatic rings. The highest BCUT2D eigenvalue weighted by Crippen LogP contribution is 2.44. The van der Waals surface area contributed by atoms with E-state index in [2.05, 4.69) is 132 Å². The Morgan fingerprint density at radius 3 is 1.93 bits per heavy atom. The van der Waals surface area contributed by atoms with Gasteiger partial charge in [0.2, 0.25) is 0 Å². The van der Waals surface area contributed by atoms with Crippen molar-refractivity contribution in [3.05, 3.63) is 138 Å². The summed E-state index contributed by atoms with van der Waals surface area (Å²) in [5, 5.41) is 5.88. The zero-order chi connectivity index (χ0) is 26.6. The van der Waals surface area contributed by atoms with Crippen LogP contribution in [0.15, 0.2) is 133 Å². The van der Waals surface area contributed by atoms with Crippen molar-refractivity contribution >= 4 is 91.7 Å². The van der Waals surface area contributed by atoms with Gasteiger partial charge in [-0.1, -0.05) is 84.4 Å². The SMILES string of the molecule is Clc1ccc2c(c1)sc1ccc(N(c3cccc(-c4ccccc4)c3)c3ccc4c(c3)sc3ccccc34)cc12. The van der Waals surface area contributed by atoms with Crippen LogP contribution in [0.25, 0.3) is 51.5 Å². The van der Waals surface area contributed by atoms with E-state index < -0.39 is 0 Å². The maximum absolute atomic E-state index is 6.33. The van der Waals surface area contributed by atoms with Crippen molar-refractivity contribution in [3.8, 4) is 11.1 Å². The van der Waals surface area contributed by atoms with Crippen molar-refractivity contribution in [1.29, 1.82) is 0 Å². The van der Waals surface area contributed by atoms with Crippen molar-refractivity contribution in [1.82, 2.24) is 0 Å². The number of hydrogen-bond acceptors (Lipinski definition) is 3. The fourth-order valence-electron chi connectivity index (χ4n) is 5.63. The lowest BCUT2D eigenvalue weighted by molar-refractivity contribution is 1.30. The van der Waals surface area contributed by atoms with Crippen LogP contribution in [0.3, 0.4) is 0 Å². The summed E-state index contributed by atoms with van der Waals surface area (Å²) in [5.74, 6) is 0. The minimum Gasteiger partial charge on any atom is -0.310 e. The molecule has 4 heteroatoms. The van der Waals surface area contributed by atoms with Gasteiger partial charge in [-0.25, -0.2) is 0 Å². The molecule has 1 nitrogen and oxygen atoms in total. The first-order valence-corrected chi connectivity index (χ1v) is 15.2. The third-order valence-corrected chi connectivity index (χ3v) is 10.0. The Labute approximate surface area is 245 Å². The monoisotopic (exact) mass is 567 g/mol. The van der Waals surface area contributed by atoms with E-state index in [1.54, 1.807) is 11.3 Å². The summed E-state index contributed by atoms with van der Waals surface area (Å²) in [6.45, 7) is 0. The normalized spacial score (nSPS) is 11.6. The van der Waals surface area contributed by atoms with Crippen LogP contribution in [0.4, 0.5) is 17.1 Å².